The number of carbonyl (C=O) groups excluding carboxylic acids is 1. The second kappa shape index (κ2) is 4.56. The number of Topliss-reactive ketones (excluding diaryl/α,β-unsaturated/α-hetero) is 1. The average Bonchev–Trinajstić information content (AvgIpc) is 2.85. The smallest absolute Gasteiger partial charge is 0.162 e. The Hall–Kier alpha value is -2.49. The van der Waals surface area contributed by atoms with E-state index in [1.54, 1.807) is 23.9 Å². The van der Waals surface area contributed by atoms with Gasteiger partial charge in [-0.25, -0.2) is 9.07 Å². The van der Waals surface area contributed by atoms with E-state index in [4.69, 9.17) is 0 Å². The molecule has 3 aromatic rings. The topological polar surface area (TPSA) is 34.9 Å². The summed E-state index contributed by atoms with van der Waals surface area (Å²) in [6.45, 7) is 3.10. The number of aryl methyl sites for hydroxylation is 1. The predicted molar refractivity (Wildman–Crippen MR) is 75.8 cm³/mol. The van der Waals surface area contributed by atoms with Gasteiger partial charge in [0, 0.05) is 10.9 Å². The Kier molecular flexibility index (Phi) is 2.86. The molecule has 100 valence electrons. The second-order valence-corrected chi connectivity index (χ2v) is 4.79. The van der Waals surface area contributed by atoms with Crippen molar-refractivity contribution in [3.63, 3.8) is 0 Å². The molecule has 0 radical (unpaired) electrons. The lowest BCUT2D eigenvalue weighted by atomic mass is 10.1. The summed E-state index contributed by atoms with van der Waals surface area (Å²) >= 11 is 0. The number of nitrogens with zero attached hydrogens (tertiary/aromatic N) is 2. The molecule has 0 saturated heterocycles. The Morgan fingerprint density at radius 1 is 1.25 bits per heavy atom. The minimum absolute atomic E-state index is 0.182. The summed E-state index contributed by atoms with van der Waals surface area (Å²) in [5, 5.41) is 5.30. The van der Waals surface area contributed by atoms with Gasteiger partial charge in [0.25, 0.3) is 0 Å². The molecule has 0 aliphatic carbocycles. The van der Waals surface area contributed by atoms with E-state index in [2.05, 4.69) is 5.10 Å². The van der Waals surface area contributed by atoms with Crippen molar-refractivity contribution in [3.05, 3.63) is 59.5 Å². The number of aromatic nitrogens is 2. The van der Waals surface area contributed by atoms with Crippen LogP contribution in [0, 0.1) is 12.7 Å². The third-order valence-corrected chi connectivity index (χ3v) is 3.36. The first-order valence-electron chi connectivity index (χ1n) is 6.32. The summed E-state index contributed by atoms with van der Waals surface area (Å²) in [4.78, 5) is 11.8. The molecule has 20 heavy (non-hydrogen) atoms. The number of halogens is 1. The van der Waals surface area contributed by atoms with Gasteiger partial charge in [-0.1, -0.05) is 18.2 Å². The minimum atomic E-state index is -0.379. The van der Waals surface area contributed by atoms with E-state index < -0.39 is 0 Å². The van der Waals surface area contributed by atoms with Crippen LogP contribution in [0.4, 0.5) is 4.39 Å². The fraction of sp³-hybridized carbons (Fsp3) is 0.125. The molecule has 3 rings (SSSR count). The van der Waals surface area contributed by atoms with Crippen LogP contribution in [0.2, 0.25) is 0 Å². The fourth-order valence-corrected chi connectivity index (χ4v) is 2.29. The van der Waals surface area contributed by atoms with Gasteiger partial charge in [-0.3, -0.25) is 4.79 Å². The Labute approximate surface area is 115 Å². The van der Waals surface area contributed by atoms with Crippen LogP contribution in [0.15, 0.2) is 42.6 Å². The third kappa shape index (κ3) is 1.90. The largest absolute Gasteiger partial charge is 0.294 e. The maximum absolute atomic E-state index is 13.7. The van der Waals surface area contributed by atoms with E-state index in [1.807, 2.05) is 24.3 Å². The Bertz CT molecular complexity index is 820. The van der Waals surface area contributed by atoms with Crippen molar-refractivity contribution < 1.29 is 9.18 Å². The van der Waals surface area contributed by atoms with Crippen molar-refractivity contribution >= 4 is 16.7 Å². The zero-order chi connectivity index (χ0) is 14.3. The molecule has 0 unspecified atom stereocenters. The van der Waals surface area contributed by atoms with Crippen LogP contribution in [-0.4, -0.2) is 15.6 Å². The number of para-hydroxylation sites is 1. The maximum Gasteiger partial charge on any atom is 0.162 e. The number of benzene rings is 2. The highest BCUT2D eigenvalue weighted by Crippen LogP contribution is 2.24. The second-order valence-electron chi connectivity index (χ2n) is 4.79. The number of hydrogen-bond donors (Lipinski definition) is 0. The van der Waals surface area contributed by atoms with Crippen LogP contribution in [-0.2, 0) is 0 Å². The molecule has 0 atom stereocenters. The molecular weight excluding hydrogens is 255 g/mol. The van der Waals surface area contributed by atoms with Gasteiger partial charge in [-0.2, -0.15) is 5.10 Å². The molecule has 0 spiro atoms. The van der Waals surface area contributed by atoms with Gasteiger partial charge in [0.05, 0.1) is 17.4 Å². The molecular formula is C16H13FN2O. The average molecular weight is 268 g/mol. The molecule has 4 heteroatoms. The van der Waals surface area contributed by atoms with Crippen LogP contribution >= 0.6 is 0 Å². The van der Waals surface area contributed by atoms with Crippen LogP contribution in [0.1, 0.15) is 22.8 Å². The molecule has 0 fully saturated rings. The van der Waals surface area contributed by atoms with Gasteiger partial charge in [0.2, 0.25) is 0 Å². The monoisotopic (exact) mass is 268 g/mol. The van der Waals surface area contributed by atoms with Gasteiger partial charge in [0.1, 0.15) is 5.82 Å². The zero-order valence-corrected chi connectivity index (χ0v) is 11.2. The van der Waals surface area contributed by atoms with Crippen molar-refractivity contribution in [3.8, 4) is 5.69 Å². The maximum atomic E-state index is 13.7. The summed E-state index contributed by atoms with van der Waals surface area (Å²) < 4.78 is 15.4. The highest BCUT2D eigenvalue weighted by atomic mass is 19.1. The molecule has 0 aliphatic heterocycles. The van der Waals surface area contributed by atoms with E-state index in [1.165, 1.54) is 13.0 Å². The van der Waals surface area contributed by atoms with Gasteiger partial charge in [-0.05, 0) is 37.6 Å². The highest BCUT2D eigenvalue weighted by molar-refractivity contribution is 5.98. The molecule has 1 aromatic heterocycles. The highest BCUT2D eigenvalue weighted by Gasteiger charge is 2.15. The lowest BCUT2D eigenvalue weighted by molar-refractivity contribution is 0.101. The van der Waals surface area contributed by atoms with E-state index in [9.17, 15) is 9.18 Å². The number of ketones is 1. The first-order chi connectivity index (χ1) is 9.58. The quantitative estimate of drug-likeness (QED) is 0.664. The van der Waals surface area contributed by atoms with Gasteiger partial charge in [-0.15, -0.1) is 0 Å². The van der Waals surface area contributed by atoms with E-state index >= 15 is 0 Å². The van der Waals surface area contributed by atoms with Crippen LogP contribution in [0.25, 0.3) is 16.6 Å². The van der Waals surface area contributed by atoms with E-state index in [0.717, 1.165) is 10.9 Å². The lowest BCUT2D eigenvalue weighted by Crippen LogP contribution is -2.06. The number of hydrogen-bond acceptors (Lipinski definition) is 2. The standard InChI is InChI=1S/C16H13FN2O/c1-10-7-16(13(11(2)20)8-14(10)17)19-15-6-4-3-5-12(15)9-18-19/h3-9H,1-2H3. The number of carbonyl (C=O) groups is 1. The summed E-state index contributed by atoms with van der Waals surface area (Å²) in [5.74, 6) is -0.561. The summed E-state index contributed by atoms with van der Waals surface area (Å²) in [7, 11) is 0. The Morgan fingerprint density at radius 2 is 2.00 bits per heavy atom. The first kappa shape index (κ1) is 12.5. The van der Waals surface area contributed by atoms with Crippen LogP contribution < -0.4 is 0 Å². The SMILES string of the molecule is CC(=O)c1cc(F)c(C)cc1-n1ncc2ccccc21. The first-order valence-corrected chi connectivity index (χ1v) is 6.32. The summed E-state index contributed by atoms with van der Waals surface area (Å²) in [6.07, 6.45) is 1.73. The number of fused-ring (bicyclic) bond motifs is 1. The molecule has 0 N–H and O–H groups in total. The molecule has 0 amide bonds. The van der Waals surface area contributed by atoms with Crippen molar-refractivity contribution in [1.29, 1.82) is 0 Å². The Balaban J connectivity index is 2.34. The van der Waals surface area contributed by atoms with Crippen molar-refractivity contribution in [2.45, 2.75) is 13.8 Å². The molecule has 0 aliphatic rings. The Morgan fingerprint density at radius 3 is 2.75 bits per heavy atom. The van der Waals surface area contributed by atoms with E-state index in [-0.39, 0.29) is 11.6 Å². The normalized spacial score (nSPS) is 10.9. The lowest BCUT2D eigenvalue weighted by Gasteiger charge is -2.10. The summed E-state index contributed by atoms with van der Waals surface area (Å²) in [5.41, 5.74) is 2.32. The van der Waals surface area contributed by atoms with Crippen molar-refractivity contribution in [1.82, 2.24) is 9.78 Å². The molecule has 0 saturated carbocycles. The van der Waals surface area contributed by atoms with Crippen LogP contribution in [0.5, 0.6) is 0 Å². The molecule has 0 bridgehead atoms. The zero-order valence-electron chi connectivity index (χ0n) is 11.2. The van der Waals surface area contributed by atoms with Gasteiger partial charge < -0.3 is 0 Å². The van der Waals surface area contributed by atoms with Gasteiger partial charge in [0.15, 0.2) is 5.78 Å². The van der Waals surface area contributed by atoms with Gasteiger partial charge >= 0.3 is 0 Å². The third-order valence-electron chi connectivity index (χ3n) is 3.36. The van der Waals surface area contributed by atoms with Crippen LogP contribution in [0.3, 0.4) is 0 Å². The van der Waals surface area contributed by atoms with Crippen molar-refractivity contribution in [2.75, 3.05) is 0 Å². The minimum Gasteiger partial charge on any atom is -0.294 e. The summed E-state index contributed by atoms with van der Waals surface area (Å²) in [6, 6.07) is 10.6. The van der Waals surface area contributed by atoms with E-state index in [0.29, 0.717) is 16.8 Å². The molecule has 1 heterocycles. The fourth-order valence-electron chi connectivity index (χ4n) is 2.29. The molecule has 2 aromatic carbocycles. The molecule has 3 nitrogen and oxygen atoms in total. The number of rotatable bonds is 2. The predicted octanol–water partition coefficient (Wildman–Crippen LogP) is 3.68. The van der Waals surface area contributed by atoms with Crippen molar-refractivity contribution in [2.24, 2.45) is 0 Å².